The Morgan fingerprint density at radius 1 is 1.19 bits per heavy atom. The molecule has 3 aromatic rings. The molecule has 0 spiro atoms. The van der Waals surface area contributed by atoms with E-state index in [0.717, 1.165) is 0 Å². The summed E-state index contributed by atoms with van der Waals surface area (Å²) < 4.78 is 39.1. The Kier molecular flexibility index (Phi) is 6.17. The zero-order chi connectivity index (χ0) is 22.9. The lowest BCUT2D eigenvalue weighted by atomic mass is 10.0. The fourth-order valence-corrected chi connectivity index (χ4v) is 4.81. The first-order chi connectivity index (χ1) is 15.2. The maximum atomic E-state index is 14.9. The molecule has 8 nitrogen and oxygen atoms in total. The van der Waals surface area contributed by atoms with Gasteiger partial charge in [-0.15, -0.1) is 16.9 Å². The smallest absolute Gasteiger partial charge is 0.261 e. The van der Waals surface area contributed by atoms with Crippen molar-refractivity contribution in [3.05, 3.63) is 81.5 Å². The number of amides is 1. The maximum absolute atomic E-state index is 14.9. The van der Waals surface area contributed by atoms with Crippen molar-refractivity contribution >= 4 is 44.6 Å². The van der Waals surface area contributed by atoms with Gasteiger partial charge in [-0.05, 0) is 35.9 Å². The molecular weight excluding hydrogens is 477 g/mol. The molecule has 1 aromatic heterocycles. The van der Waals surface area contributed by atoms with E-state index in [0.29, 0.717) is 26.0 Å². The summed E-state index contributed by atoms with van der Waals surface area (Å²) in [5, 5.41) is 9.43. The second-order valence-electron chi connectivity index (χ2n) is 6.75. The van der Waals surface area contributed by atoms with Gasteiger partial charge in [0.05, 0.1) is 32.0 Å². The fourth-order valence-electron chi connectivity index (χ4n) is 3.09. The van der Waals surface area contributed by atoms with Crippen molar-refractivity contribution in [2.45, 2.75) is 4.90 Å². The number of sulfonamides is 1. The van der Waals surface area contributed by atoms with Crippen molar-refractivity contribution < 1.29 is 17.6 Å². The van der Waals surface area contributed by atoms with E-state index in [1.54, 1.807) is 42.6 Å². The van der Waals surface area contributed by atoms with Crippen LogP contribution in [-0.4, -0.2) is 20.9 Å². The van der Waals surface area contributed by atoms with Crippen molar-refractivity contribution in [1.82, 2.24) is 16.3 Å². The molecule has 2 heterocycles. The summed E-state index contributed by atoms with van der Waals surface area (Å²) in [4.78, 5) is 12.5. The number of thiophene rings is 1. The Hall–Kier alpha value is -2.96. The zero-order valence-electron chi connectivity index (χ0n) is 16.3. The van der Waals surface area contributed by atoms with Crippen molar-refractivity contribution in [2.75, 3.05) is 11.6 Å². The highest BCUT2D eigenvalue weighted by Crippen LogP contribution is 2.30. The summed E-state index contributed by atoms with van der Waals surface area (Å²) in [6.45, 7) is 0.180. The van der Waals surface area contributed by atoms with Crippen molar-refractivity contribution in [3.63, 3.8) is 0 Å². The van der Waals surface area contributed by atoms with Crippen LogP contribution in [0.15, 0.2) is 71.4 Å². The molecule has 0 atom stereocenters. The van der Waals surface area contributed by atoms with E-state index >= 15 is 0 Å². The van der Waals surface area contributed by atoms with Crippen molar-refractivity contribution in [2.24, 2.45) is 5.14 Å². The van der Waals surface area contributed by atoms with E-state index in [9.17, 15) is 17.6 Å². The molecule has 32 heavy (non-hydrogen) atoms. The average Bonchev–Trinajstić information content (AvgIpc) is 3.40. The molecule has 0 fully saturated rings. The molecule has 0 saturated heterocycles. The number of carbonyl (C=O) groups excluding carboxylic acids is 1. The van der Waals surface area contributed by atoms with Crippen LogP contribution in [0.4, 0.5) is 10.1 Å². The number of hydrogen-bond acceptors (Lipinski definition) is 7. The summed E-state index contributed by atoms with van der Waals surface area (Å²) in [6.07, 6.45) is 1.60. The van der Waals surface area contributed by atoms with Gasteiger partial charge in [0.2, 0.25) is 10.0 Å². The normalized spacial score (nSPS) is 13.6. The minimum absolute atomic E-state index is 0.0851. The lowest BCUT2D eigenvalue weighted by molar-refractivity contribution is 0.0960. The average molecular weight is 494 g/mol. The zero-order valence-corrected chi connectivity index (χ0v) is 18.7. The molecule has 4 rings (SSSR count). The minimum atomic E-state index is -3.97. The van der Waals surface area contributed by atoms with Crippen LogP contribution in [0, 0.1) is 5.82 Å². The third kappa shape index (κ3) is 4.76. The van der Waals surface area contributed by atoms with Crippen LogP contribution in [0.1, 0.15) is 9.67 Å². The van der Waals surface area contributed by atoms with Gasteiger partial charge in [-0.3, -0.25) is 9.80 Å². The molecule has 2 aromatic carbocycles. The van der Waals surface area contributed by atoms with Crippen LogP contribution >= 0.6 is 22.9 Å². The van der Waals surface area contributed by atoms with Crippen LogP contribution in [0.3, 0.4) is 0 Å². The summed E-state index contributed by atoms with van der Waals surface area (Å²) >= 11 is 7.01. The third-order valence-corrected chi connectivity index (χ3v) is 6.77. The first-order valence-electron chi connectivity index (χ1n) is 9.19. The van der Waals surface area contributed by atoms with Crippen molar-refractivity contribution in [3.8, 4) is 11.1 Å². The molecule has 12 heteroatoms. The number of primary sulfonamides is 1. The second-order valence-corrected chi connectivity index (χ2v) is 10.00. The van der Waals surface area contributed by atoms with E-state index < -0.39 is 15.8 Å². The number of hydrazine groups is 2. The molecule has 0 unspecified atom stereocenters. The summed E-state index contributed by atoms with van der Waals surface area (Å²) in [5.41, 5.74) is 7.12. The molecule has 0 aliphatic carbocycles. The highest BCUT2D eigenvalue weighted by molar-refractivity contribution is 7.89. The molecule has 1 amide bonds. The molecule has 0 radical (unpaired) electrons. The summed E-state index contributed by atoms with van der Waals surface area (Å²) in [7, 11) is -3.97. The fraction of sp³-hybridized carbons (Fsp3) is 0.0500. The standard InChI is InChI=1S/C20H17ClFN5O3S2/c21-19-8-7-17(31-19)20(28)24-10-13-11-27(26-25-13)16-6-5-12(9-15(16)22)14-3-1-2-4-18(14)32(23,29)30/h1-9,11,25-26H,10H2,(H,24,28)(H2,23,29,30). The largest absolute Gasteiger partial charge is 0.346 e. The Morgan fingerprint density at radius 2 is 1.97 bits per heavy atom. The lowest BCUT2D eigenvalue weighted by Crippen LogP contribution is -2.38. The number of carbonyl (C=O) groups is 1. The SMILES string of the molecule is NS(=O)(=O)c1ccccc1-c1ccc(N2C=C(CNC(=O)c3ccc(Cl)s3)NN2)c(F)c1. The van der Waals surface area contributed by atoms with Crippen LogP contribution in [0.2, 0.25) is 4.34 Å². The van der Waals surface area contributed by atoms with Gasteiger partial charge in [0.1, 0.15) is 5.82 Å². The Labute approximate surface area is 192 Å². The van der Waals surface area contributed by atoms with E-state index in [1.807, 2.05) is 0 Å². The maximum Gasteiger partial charge on any atom is 0.261 e. The number of benzene rings is 2. The predicted molar refractivity (Wildman–Crippen MR) is 122 cm³/mol. The summed E-state index contributed by atoms with van der Waals surface area (Å²) in [5.74, 6) is -0.858. The first-order valence-corrected chi connectivity index (χ1v) is 11.9. The van der Waals surface area contributed by atoms with Crippen LogP contribution in [0.5, 0.6) is 0 Å². The Morgan fingerprint density at radius 3 is 2.66 bits per heavy atom. The van der Waals surface area contributed by atoms with Crippen LogP contribution in [0.25, 0.3) is 11.1 Å². The van der Waals surface area contributed by atoms with Gasteiger partial charge in [0, 0.05) is 11.8 Å². The number of nitrogens with two attached hydrogens (primary N) is 1. The van der Waals surface area contributed by atoms with Gasteiger partial charge in [0.15, 0.2) is 0 Å². The Balaban J connectivity index is 1.50. The number of anilines is 1. The van der Waals surface area contributed by atoms with E-state index in [4.69, 9.17) is 16.7 Å². The van der Waals surface area contributed by atoms with Gasteiger partial charge in [-0.2, -0.15) is 0 Å². The molecule has 166 valence electrons. The molecule has 0 saturated carbocycles. The van der Waals surface area contributed by atoms with Gasteiger partial charge in [-0.1, -0.05) is 35.9 Å². The summed E-state index contributed by atoms with van der Waals surface area (Å²) in [6, 6.07) is 13.7. The Bertz CT molecular complexity index is 1330. The number of nitrogens with one attached hydrogen (secondary N) is 3. The van der Waals surface area contributed by atoms with E-state index in [-0.39, 0.29) is 23.0 Å². The number of nitrogens with zero attached hydrogens (tertiary/aromatic N) is 1. The highest BCUT2D eigenvalue weighted by Gasteiger charge is 2.20. The molecule has 1 aliphatic rings. The van der Waals surface area contributed by atoms with E-state index in [2.05, 4.69) is 16.3 Å². The first kappa shape index (κ1) is 22.2. The number of rotatable bonds is 6. The molecular formula is C20H17ClFN5O3S2. The third-order valence-electron chi connectivity index (χ3n) is 4.57. The predicted octanol–water partition coefficient (Wildman–Crippen LogP) is 2.96. The van der Waals surface area contributed by atoms with Gasteiger partial charge >= 0.3 is 0 Å². The van der Waals surface area contributed by atoms with Crippen LogP contribution in [-0.2, 0) is 10.0 Å². The minimum Gasteiger partial charge on any atom is -0.346 e. The lowest BCUT2D eigenvalue weighted by Gasteiger charge is -2.17. The topological polar surface area (TPSA) is 117 Å². The quantitative estimate of drug-likeness (QED) is 0.419. The van der Waals surface area contributed by atoms with Gasteiger partial charge in [0.25, 0.3) is 5.91 Å². The number of hydrogen-bond donors (Lipinski definition) is 4. The molecule has 0 bridgehead atoms. The number of halogens is 2. The van der Waals surface area contributed by atoms with Crippen molar-refractivity contribution in [1.29, 1.82) is 0 Å². The van der Waals surface area contributed by atoms with E-state index in [1.165, 1.54) is 34.5 Å². The molecule has 5 N–H and O–H groups in total. The van der Waals surface area contributed by atoms with Gasteiger partial charge in [-0.25, -0.2) is 17.9 Å². The monoisotopic (exact) mass is 493 g/mol. The van der Waals surface area contributed by atoms with Gasteiger partial charge < -0.3 is 10.7 Å². The van der Waals surface area contributed by atoms with Crippen LogP contribution < -0.4 is 26.4 Å². The second kappa shape index (κ2) is 8.88. The molecule has 1 aliphatic heterocycles. The highest BCUT2D eigenvalue weighted by atomic mass is 35.5.